The number of nitrogens with zero attached hydrogens (tertiary/aromatic N) is 1. The van der Waals surface area contributed by atoms with Crippen molar-refractivity contribution in [1.29, 1.82) is 0 Å². The number of benzene rings is 1. The summed E-state index contributed by atoms with van der Waals surface area (Å²) in [5.41, 5.74) is 7.70. The number of hydrogen-bond acceptors (Lipinski definition) is 3. The van der Waals surface area contributed by atoms with Crippen molar-refractivity contribution in [3.63, 3.8) is 0 Å². The van der Waals surface area contributed by atoms with E-state index in [0.29, 0.717) is 0 Å². The Kier molecular flexibility index (Phi) is 4.20. The van der Waals surface area contributed by atoms with Gasteiger partial charge in [-0.05, 0) is 43.6 Å². The van der Waals surface area contributed by atoms with E-state index in [0.717, 1.165) is 37.2 Å². The van der Waals surface area contributed by atoms with E-state index >= 15 is 0 Å². The summed E-state index contributed by atoms with van der Waals surface area (Å²) in [7, 11) is 0. The highest BCUT2D eigenvalue weighted by molar-refractivity contribution is 5.33. The van der Waals surface area contributed by atoms with Crippen LogP contribution in [0.15, 0.2) is 24.3 Å². The first-order valence-corrected chi connectivity index (χ1v) is 7.04. The highest BCUT2D eigenvalue weighted by atomic mass is 16.6. The lowest BCUT2D eigenvalue weighted by atomic mass is 9.89. The zero-order valence-electron chi connectivity index (χ0n) is 11.5. The molecule has 2 unspecified atom stereocenters. The Morgan fingerprint density at radius 3 is 2.63 bits per heavy atom. The summed E-state index contributed by atoms with van der Waals surface area (Å²) >= 11 is 0. The molecule has 4 nitrogen and oxygen atoms in total. The lowest BCUT2D eigenvalue weighted by Gasteiger charge is -2.24. The molecule has 104 valence electrons. The van der Waals surface area contributed by atoms with Crippen LogP contribution >= 0.6 is 0 Å². The maximum absolute atomic E-state index is 10.6. The van der Waals surface area contributed by atoms with Gasteiger partial charge in [-0.3, -0.25) is 10.1 Å². The van der Waals surface area contributed by atoms with Crippen LogP contribution in [-0.4, -0.2) is 10.5 Å². The van der Waals surface area contributed by atoms with Crippen LogP contribution in [0.1, 0.15) is 44.6 Å². The van der Waals surface area contributed by atoms with Crippen molar-refractivity contribution in [3.8, 4) is 0 Å². The second-order valence-corrected chi connectivity index (χ2v) is 5.80. The van der Waals surface area contributed by atoms with Crippen LogP contribution in [0.4, 0.5) is 5.69 Å². The molecule has 2 N–H and O–H groups in total. The van der Waals surface area contributed by atoms with Gasteiger partial charge in [0.2, 0.25) is 0 Å². The topological polar surface area (TPSA) is 69.2 Å². The Bertz CT molecular complexity index is 444. The number of non-ortho nitro benzene ring substituents is 1. The first-order chi connectivity index (χ1) is 9.02. The summed E-state index contributed by atoms with van der Waals surface area (Å²) < 4.78 is 0. The molecular weight excluding hydrogens is 240 g/mol. The highest BCUT2D eigenvalue weighted by Crippen LogP contribution is 2.37. The molecule has 1 aliphatic rings. The van der Waals surface area contributed by atoms with Gasteiger partial charge in [0.1, 0.15) is 0 Å². The molecule has 0 heterocycles. The summed E-state index contributed by atoms with van der Waals surface area (Å²) in [4.78, 5) is 10.2. The van der Waals surface area contributed by atoms with Crippen molar-refractivity contribution in [2.45, 2.75) is 51.0 Å². The van der Waals surface area contributed by atoms with Gasteiger partial charge in [-0.25, -0.2) is 0 Å². The zero-order chi connectivity index (χ0) is 13.9. The first-order valence-electron chi connectivity index (χ1n) is 7.04. The largest absolute Gasteiger partial charge is 0.325 e. The van der Waals surface area contributed by atoms with Crippen molar-refractivity contribution in [2.24, 2.45) is 11.7 Å². The molecule has 0 bridgehead atoms. The maximum atomic E-state index is 10.6. The van der Waals surface area contributed by atoms with E-state index in [1.165, 1.54) is 12.8 Å². The molecule has 0 spiro atoms. The fourth-order valence-electron chi connectivity index (χ4n) is 3.02. The molecule has 19 heavy (non-hydrogen) atoms. The number of nitro groups is 1. The Hall–Kier alpha value is -1.42. The predicted molar refractivity (Wildman–Crippen MR) is 76.0 cm³/mol. The highest BCUT2D eigenvalue weighted by Gasteiger charge is 2.34. The Morgan fingerprint density at radius 1 is 1.42 bits per heavy atom. The molecule has 2 rings (SSSR count). The van der Waals surface area contributed by atoms with Crippen molar-refractivity contribution >= 4 is 5.69 Å². The normalized spacial score (nSPS) is 26.5. The SMILES string of the molecule is CCC1CCC(N)(CCc2ccc([N+](=O)[O-])cc2)C1. The zero-order valence-corrected chi connectivity index (χ0v) is 11.5. The summed E-state index contributed by atoms with van der Waals surface area (Å²) in [6.07, 6.45) is 6.57. The van der Waals surface area contributed by atoms with Crippen LogP contribution in [0.3, 0.4) is 0 Å². The van der Waals surface area contributed by atoms with Gasteiger partial charge in [-0.2, -0.15) is 0 Å². The van der Waals surface area contributed by atoms with Gasteiger partial charge >= 0.3 is 0 Å². The lowest BCUT2D eigenvalue weighted by molar-refractivity contribution is -0.384. The van der Waals surface area contributed by atoms with Gasteiger partial charge in [0.15, 0.2) is 0 Å². The van der Waals surface area contributed by atoms with Crippen molar-refractivity contribution in [2.75, 3.05) is 0 Å². The quantitative estimate of drug-likeness (QED) is 0.652. The molecule has 1 fully saturated rings. The molecule has 1 aromatic rings. The molecule has 2 atom stereocenters. The van der Waals surface area contributed by atoms with E-state index in [4.69, 9.17) is 5.73 Å². The minimum absolute atomic E-state index is 0.0253. The molecule has 0 saturated heterocycles. The number of nitro benzene ring substituents is 1. The second kappa shape index (κ2) is 5.70. The molecule has 4 heteroatoms. The fourth-order valence-corrected chi connectivity index (χ4v) is 3.02. The van der Waals surface area contributed by atoms with Crippen molar-refractivity contribution < 1.29 is 4.92 Å². The van der Waals surface area contributed by atoms with E-state index in [-0.39, 0.29) is 16.1 Å². The van der Waals surface area contributed by atoms with Crippen LogP contribution < -0.4 is 5.73 Å². The summed E-state index contributed by atoms with van der Waals surface area (Å²) in [5, 5.41) is 10.6. The molecule has 0 aliphatic heterocycles. The van der Waals surface area contributed by atoms with Crippen LogP contribution in [0, 0.1) is 16.0 Å². The van der Waals surface area contributed by atoms with Gasteiger partial charge < -0.3 is 5.73 Å². The Labute approximate surface area is 114 Å². The molecule has 1 aliphatic carbocycles. The third-order valence-electron chi connectivity index (χ3n) is 4.38. The van der Waals surface area contributed by atoms with E-state index in [9.17, 15) is 10.1 Å². The molecular formula is C15H22N2O2. The van der Waals surface area contributed by atoms with Crippen LogP contribution in [0.25, 0.3) is 0 Å². The van der Waals surface area contributed by atoms with Gasteiger partial charge in [-0.15, -0.1) is 0 Å². The van der Waals surface area contributed by atoms with Gasteiger partial charge in [-0.1, -0.05) is 25.5 Å². The first kappa shape index (κ1) is 14.0. The standard InChI is InChI=1S/C15H22N2O2/c1-2-12-7-9-15(16,11-12)10-8-13-3-5-14(6-4-13)17(18)19/h3-6,12H,2,7-11,16H2,1H3. The van der Waals surface area contributed by atoms with E-state index in [2.05, 4.69) is 6.92 Å². The van der Waals surface area contributed by atoms with E-state index in [1.54, 1.807) is 12.1 Å². The van der Waals surface area contributed by atoms with Crippen molar-refractivity contribution in [1.82, 2.24) is 0 Å². The van der Waals surface area contributed by atoms with E-state index < -0.39 is 0 Å². The van der Waals surface area contributed by atoms with Crippen LogP contribution in [0.5, 0.6) is 0 Å². The summed E-state index contributed by atoms with van der Waals surface area (Å²) in [5.74, 6) is 0.780. The predicted octanol–water partition coefficient (Wildman–Crippen LogP) is 3.44. The minimum Gasteiger partial charge on any atom is -0.325 e. The van der Waals surface area contributed by atoms with Gasteiger partial charge in [0.25, 0.3) is 5.69 Å². The van der Waals surface area contributed by atoms with Crippen LogP contribution in [-0.2, 0) is 6.42 Å². The average Bonchev–Trinajstić information content (AvgIpc) is 2.79. The summed E-state index contributed by atoms with van der Waals surface area (Å²) in [6.45, 7) is 2.23. The maximum Gasteiger partial charge on any atom is 0.269 e. The van der Waals surface area contributed by atoms with Crippen LogP contribution in [0.2, 0.25) is 0 Å². The minimum atomic E-state index is -0.364. The molecule has 0 aromatic heterocycles. The Morgan fingerprint density at radius 2 is 2.11 bits per heavy atom. The lowest BCUT2D eigenvalue weighted by Crippen LogP contribution is -2.37. The molecule has 1 aromatic carbocycles. The number of rotatable bonds is 5. The average molecular weight is 262 g/mol. The third kappa shape index (κ3) is 3.53. The molecule has 0 amide bonds. The smallest absolute Gasteiger partial charge is 0.269 e. The molecule has 1 saturated carbocycles. The second-order valence-electron chi connectivity index (χ2n) is 5.80. The number of hydrogen-bond donors (Lipinski definition) is 1. The number of aryl methyl sites for hydroxylation is 1. The number of nitrogens with two attached hydrogens (primary N) is 1. The van der Waals surface area contributed by atoms with Gasteiger partial charge in [0.05, 0.1) is 4.92 Å². The third-order valence-corrected chi connectivity index (χ3v) is 4.38. The molecule has 0 radical (unpaired) electrons. The Balaban J connectivity index is 1.90. The monoisotopic (exact) mass is 262 g/mol. The van der Waals surface area contributed by atoms with E-state index in [1.807, 2.05) is 12.1 Å². The fraction of sp³-hybridized carbons (Fsp3) is 0.600. The van der Waals surface area contributed by atoms with Gasteiger partial charge in [0, 0.05) is 17.7 Å². The summed E-state index contributed by atoms with van der Waals surface area (Å²) in [6, 6.07) is 6.82. The van der Waals surface area contributed by atoms with Crippen molar-refractivity contribution in [3.05, 3.63) is 39.9 Å².